The molecule has 0 N–H and O–H groups in total. The zero-order chi connectivity index (χ0) is 9.61. The first-order chi connectivity index (χ1) is 5.60. The van der Waals surface area contributed by atoms with Gasteiger partial charge in [-0.25, -0.2) is 0 Å². The summed E-state index contributed by atoms with van der Waals surface area (Å²) in [5, 5.41) is 0. The van der Waals surface area contributed by atoms with Crippen molar-refractivity contribution in [3.8, 4) is 0 Å². The Bertz CT molecular complexity index is 100. The summed E-state index contributed by atoms with van der Waals surface area (Å²) in [4.78, 5) is 0. The van der Waals surface area contributed by atoms with Crippen LogP contribution >= 0.6 is 0 Å². The molecule has 0 aromatic rings. The summed E-state index contributed by atoms with van der Waals surface area (Å²) in [5.41, 5.74) is 0. The minimum absolute atomic E-state index is 0.682. The average Bonchev–Trinajstić information content (AvgIpc) is 2.08. The molecule has 0 saturated heterocycles. The Labute approximate surface area is 78.6 Å². The van der Waals surface area contributed by atoms with E-state index in [4.69, 9.17) is 4.43 Å². The standard InChI is InChI=1S/C10H24OSi/c1-6-12(7-2,8-3)11-9-10(4)5/h10H,6-9H2,1-5H3. The maximum absolute atomic E-state index is 6.08. The summed E-state index contributed by atoms with van der Waals surface area (Å²) in [6.07, 6.45) is 0. The van der Waals surface area contributed by atoms with Crippen molar-refractivity contribution < 1.29 is 4.43 Å². The molecule has 0 radical (unpaired) electrons. The highest BCUT2D eigenvalue weighted by atomic mass is 28.4. The molecule has 0 aliphatic heterocycles. The Balaban J connectivity index is 3.93. The first-order valence-electron chi connectivity index (χ1n) is 5.24. The maximum atomic E-state index is 6.08. The lowest BCUT2D eigenvalue weighted by Crippen LogP contribution is -2.36. The highest BCUT2D eigenvalue weighted by Crippen LogP contribution is 2.22. The highest BCUT2D eigenvalue weighted by Gasteiger charge is 2.28. The van der Waals surface area contributed by atoms with Crippen LogP contribution in [0.25, 0.3) is 0 Å². The van der Waals surface area contributed by atoms with Crippen LogP contribution in [0.15, 0.2) is 0 Å². The number of rotatable bonds is 6. The zero-order valence-electron chi connectivity index (χ0n) is 9.31. The van der Waals surface area contributed by atoms with Crippen molar-refractivity contribution in [3.05, 3.63) is 0 Å². The third-order valence-electron chi connectivity index (χ3n) is 2.66. The highest BCUT2D eigenvalue weighted by molar-refractivity contribution is 6.73. The molecule has 0 aliphatic rings. The van der Waals surface area contributed by atoms with Gasteiger partial charge in [-0.2, -0.15) is 0 Å². The van der Waals surface area contributed by atoms with E-state index in [1.165, 1.54) is 18.1 Å². The number of hydrogen-bond acceptors (Lipinski definition) is 1. The quantitative estimate of drug-likeness (QED) is 0.578. The lowest BCUT2D eigenvalue weighted by atomic mass is 10.2. The molecule has 0 bridgehead atoms. The van der Waals surface area contributed by atoms with Gasteiger partial charge in [0, 0.05) is 6.61 Å². The molecule has 0 aromatic carbocycles. The molecule has 1 nitrogen and oxygen atoms in total. The van der Waals surface area contributed by atoms with Gasteiger partial charge in [-0.05, 0) is 24.1 Å². The molecular weight excluding hydrogens is 164 g/mol. The molecule has 0 unspecified atom stereocenters. The maximum Gasteiger partial charge on any atom is 0.191 e. The van der Waals surface area contributed by atoms with Crippen LogP contribution in [-0.4, -0.2) is 14.9 Å². The SMILES string of the molecule is CC[Si](CC)(CC)OCC(C)C. The summed E-state index contributed by atoms with van der Waals surface area (Å²) in [5.74, 6) is 0.682. The van der Waals surface area contributed by atoms with E-state index in [0.29, 0.717) is 5.92 Å². The van der Waals surface area contributed by atoms with E-state index >= 15 is 0 Å². The minimum atomic E-state index is -1.28. The van der Waals surface area contributed by atoms with Gasteiger partial charge in [-0.1, -0.05) is 34.6 Å². The molecule has 74 valence electrons. The molecule has 0 fully saturated rings. The largest absolute Gasteiger partial charge is 0.417 e. The molecular formula is C10H24OSi. The molecule has 0 saturated carbocycles. The second-order valence-corrected chi connectivity index (χ2v) is 8.72. The monoisotopic (exact) mass is 188 g/mol. The van der Waals surface area contributed by atoms with E-state index in [1.54, 1.807) is 0 Å². The fourth-order valence-corrected chi connectivity index (χ4v) is 4.20. The fraction of sp³-hybridized carbons (Fsp3) is 1.00. The molecule has 0 atom stereocenters. The molecule has 0 rings (SSSR count). The minimum Gasteiger partial charge on any atom is -0.417 e. The predicted octanol–water partition coefficient (Wildman–Crippen LogP) is 3.66. The van der Waals surface area contributed by atoms with Crippen molar-refractivity contribution in [1.82, 2.24) is 0 Å². The van der Waals surface area contributed by atoms with Gasteiger partial charge in [0.15, 0.2) is 8.32 Å². The first kappa shape index (κ1) is 12.2. The van der Waals surface area contributed by atoms with E-state index in [9.17, 15) is 0 Å². The van der Waals surface area contributed by atoms with Crippen molar-refractivity contribution in [3.63, 3.8) is 0 Å². The lowest BCUT2D eigenvalue weighted by molar-refractivity contribution is 0.255. The van der Waals surface area contributed by atoms with Gasteiger partial charge in [-0.3, -0.25) is 0 Å². The Hall–Kier alpha value is 0.177. The van der Waals surface area contributed by atoms with Crippen LogP contribution in [-0.2, 0) is 4.43 Å². The van der Waals surface area contributed by atoms with Crippen molar-refractivity contribution in [2.75, 3.05) is 6.61 Å². The second-order valence-electron chi connectivity index (χ2n) is 3.95. The smallest absolute Gasteiger partial charge is 0.191 e. The van der Waals surface area contributed by atoms with Crippen molar-refractivity contribution in [2.24, 2.45) is 5.92 Å². The van der Waals surface area contributed by atoms with Crippen LogP contribution in [0.1, 0.15) is 34.6 Å². The summed E-state index contributed by atoms with van der Waals surface area (Å²) in [7, 11) is -1.28. The molecule has 0 heterocycles. The van der Waals surface area contributed by atoms with Crippen LogP contribution < -0.4 is 0 Å². The Morgan fingerprint density at radius 2 is 1.42 bits per heavy atom. The first-order valence-corrected chi connectivity index (χ1v) is 7.77. The summed E-state index contributed by atoms with van der Waals surface area (Å²) < 4.78 is 6.08. The molecule has 0 aliphatic carbocycles. The van der Waals surface area contributed by atoms with Gasteiger partial charge < -0.3 is 4.43 Å². The van der Waals surface area contributed by atoms with E-state index in [0.717, 1.165) is 6.61 Å². The van der Waals surface area contributed by atoms with Gasteiger partial charge in [0.1, 0.15) is 0 Å². The van der Waals surface area contributed by atoms with E-state index in [2.05, 4.69) is 34.6 Å². The normalized spacial score (nSPS) is 12.5. The average molecular weight is 188 g/mol. The van der Waals surface area contributed by atoms with Crippen molar-refractivity contribution in [1.29, 1.82) is 0 Å². The van der Waals surface area contributed by atoms with Crippen molar-refractivity contribution >= 4 is 8.32 Å². The number of hydrogen-bond donors (Lipinski definition) is 0. The topological polar surface area (TPSA) is 9.23 Å². The van der Waals surface area contributed by atoms with Gasteiger partial charge in [0.2, 0.25) is 0 Å². The molecule has 0 aromatic heterocycles. The fourth-order valence-electron chi connectivity index (χ4n) is 1.40. The summed E-state index contributed by atoms with van der Waals surface area (Å²) in [6, 6.07) is 3.81. The van der Waals surface area contributed by atoms with Crippen LogP contribution in [0, 0.1) is 5.92 Å². The van der Waals surface area contributed by atoms with Crippen LogP contribution in [0.5, 0.6) is 0 Å². The third-order valence-corrected chi connectivity index (χ3v) is 7.30. The lowest BCUT2D eigenvalue weighted by Gasteiger charge is -2.28. The third kappa shape index (κ3) is 3.72. The second kappa shape index (κ2) is 5.76. The molecule has 0 amide bonds. The Morgan fingerprint density at radius 3 is 1.67 bits per heavy atom. The van der Waals surface area contributed by atoms with Crippen LogP contribution in [0.3, 0.4) is 0 Å². The zero-order valence-corrected chi connectivity index (χ0v) is 10.3. The Kier molecular flexibility index (Phi) is 5.84. The van der Waals surface area contributed by atoms with Gasteiger partial charge in [-0.15, -0.1) is 0 Å². The van der Waals surface area contributed by atoms with Gasteiger partial charge in [0.05, 0.1) is 0 Å². The summed E-state index contributed by atoms with van der Waals surface area (Å²) in [6.45, 7) is 12.2. The Morgan fingerprint density at radius 1 is 1.00 bits per heavy atom. The molecule has 12 heavy (non-hydrogen) atoms. The van der Waals surface area contributed by atoms with Gasteiger partial charge >= 0.3 is 0 Å². The molecule has 0 spiro atoms. The van der Waals surface area contributed by atoms with E-state index < -0.39 is 8.32 Å². The van der Waals surface area contributed by atoms with Crippen LogP contribution in [0.4, 0.5) is 0 Å². The van der Waals surface area contributed by atoms with Crippen molar-refractivity contribution in [2.45, 2.75) is 52.8 Å². The van der Waals surface area contributed by atoms with E-state index in [-0.39, 0.29) is 0 Å². The predicted molar refractivity (Wildman–Crippen MR) is 58.0 cm³/mol. The van der Waals surface area contributed by atoms with Gasteiger partial charge in [0.25, 0.3) is 0 Å². The molecule has 2 heteroatoms. The van der Waals surface area contributed by atoms with Crippen LogP contribution in [0.2, 0.25) is 18.1 Å². The van der Waals surface area contributed by atoms with E-state index in [1.807, 2.05) is 0 Å². The summed E-state index contributed by atoms with van der Waals surface area (Å²) >= 11 is 0.